The summed E-state index contributed by atoms with van der Waals surface area (Å²) in [5.41, 5.74) is 0.589. The van der Waals surface area contributed by atoms with Gasteiger partial charge in [-0.3, -0.25) is 4.72 Å². The highest BCUT2D eigenvalue weighted by Crippen LogP contribution is 2.27. The van der Waals surface area contributed by atoms with Crippen molar-refractivity contribution in [2.45, 2.75) is 23.5 Å². The molecule has 0 unspecified atom stereocenters. The first-order valence-corrected chi connectivity index (χ1v) is 12.1. The van der Waals surface area contributed by atoms with Crippen molar-refractivity contribution < 1.29 is 32.9 Å². The Morgan fingerprint density at radius 1 is 1.00 bits per heavy atom. The molecule has 5 N–H and O–H groups in total. The van der Waals surface area contributed by atoms with Crippen LogP contribution in [0, 0.1) is 5.82 Å². The standard InChI is InChI=1S/C24H27FN2O6S/c25-18-7-9-22(10-8-18)34(31,32)27-23-13-17(6-11-24(23)30)12-19(15-28)26-14-20(29)16-33-21-4-2-1-3-5-21/h1-11,13,19-20,26-30H,12,14-16H2/t19-,20-/m0/s1. The first-order valence-electron chi connectivity index (χ1n) is 10.6. The fourth-order valence-electron chi connectivity index (χ4n) is 3.17. The van der Waals surface area contributed by atoms with Gasteiger partial charge in [0.15, 0.2) is 0 Å². The van der Waals surface area contributed by atoms with E-state index >= 15 is 0 Å². The lowest BCUT2D eigenvalue weighted by Crippen LogP contribution is -2.41. The van der Waals surface area contributed by atoms with Gasteiger partial charge in [0, 0.05) is 12.6 Å². The highest BCUT2D eigenvalue weighted by molar-refractivity contribution is 7.92. The van der Waals surface area contributed by atoms with Gasteiger partial charge in [0.2, 0.25) is 0 Å². The normalized spacial score (nSPS) is 13.3. The molecule has 34 heavy (non-hydrogen) atoms. The van der Waals surface area contributed by atoms with E-state index in [1.807, 2.05) is 18.2 Å². The molecule has 0 amide bonds. The number of phenolic OH excluding ortho intramolecular Hbond substituents is 1. The van der Waals surface area contributed by atoms with Crippen molar-refractivity contribution in [3.8, 4) is 11.5 Å². The van der Waals surface area contributed by atoms with Gasteiger partial charge in [-0.05, 0) is 60.5 Å². The van der Waals surface area contributed by atoms with Crippen LogP contribution in [0.2, 0.25) is 0 Å². The average Bonchev–Trinajstić information content (AvgIpc) is 2.83. The van der Waals surface area contributed by atoms with E-state index in [1.54, 1.807) is 18.2 Å². The molecular weight excluding hydrogens is 463 g/mol. The Morgan fingerprint density at radius 2 is 1.71 bits per heavy atom. The van der Waals surface area contributed by atoms with Gasteiger partial charge < -0.3 is 25.4 Å². The quantitative estimate of drug-likeness (QED) is 0.246. The minimum Gasteiger partial charge on any atom is -0.506 e. The molecule has 10 heteroatoms. The number of para-hydroxylation sites is 1. The zero-order chi connectivity index (χ0) is 24.6. The van der Waals surface area contributed by atoms with E-state index in [1.165, 1.54) is 12.1 Å². The lowest BCUT2D eigenvalue weighted by Gasteiger charge is -2.20. The lowest BCUT2D eigenvalue weighted by molar-refractivity contribution is 0.0997. The predicted octanol–water partition coefficient (Wildman–Crippen LogP) is 2.27. The number of rotatable bonds is 12. The van der Waals surface area contributed by atoms with E-state index in [4.69, 9.17) is 4.74 Å². The fourth-order valence-corrected chi connectivity index (χ4v) is 4.23. The molecule has 0 aliphatic carbocycles. The topological polar surface area (TPSA) is 128 Å². The van der Waals surface area contributed by atoms with E-state index in [0.29, 0.717) is 17.7 Å². The third kappa shape index (κ3) is 7.42. The number of anilines is 1. The van der Waals surface area contributed by atoms with E-state index in [-0.39, 0.29) is 36.1 Å². The molecule has 0 radical (unpaired) electrons. The highest BCUT2D eigenvalue weighted by atomic mass is 32.2. The van der Waals surface area contributed by atoms with Crippen molar-refractivity contribution in [3.05, 3.63) is 84.2 Å². The summed E-state index contributed by atoms with van der Waals surface area (Å²) in [6, 6.07) is 17.3. The molecular formula is C24H27FN2O6S. The Labute approximate surface area is 197 Å². The molecule has 0 bridgehead atoms. The summed E-state index contributed by atoms with van der Waals surface area (Å²) in [6.45, 7) is 0.00760. The summed E-state index contributed by atoms with van der Waals surface area (Å²) in [6.07, 6.45) is -0.513. The Hall–Kier alpha value is -3.18. The summed E-state index contributed by atoms with van der Waals surface area (Å²) in [4.78, 5) is -0.152. The molecule has 0 heterocycles. The summed E-state index contributed by atoms with van der Waals surface area (Å²) < 4.78 is 46.0. The maximum absolute atomic E-state index is 13.1. The molecule has 0 saturated carbocycles. The van der Waals surface area contributed by atoms with Crippen LogP contribution in [0.3, 0.4) is 0 Å². The second kappa shape index (κ2) is 11.8. The number of aliphatic hydroxyl groups is 2. The van der Waals surface area contributed by atoms with Crippen LogP contribution >= 0.6 is 0 Å². The lowest BCUT2D eigenvalue weighted by atomic mass is 10.1. The molecule has 2 atom stereocenters. The first-order chi connectivity index (χ1) is 16.3. The van der Waals surface area contributed by atoms with Crippen LogP contribution in [-0.2, 0) is 16.4 Å². The Morgan fingerprint density at radius 3 is 2.38 bits per heavy atom. The zero-order valence-electron chi connectivity index (χ0n) is 18.3. The van der Waals surface area contributed by atoms with Gasteiger partial charge in [-0.1, -0.05) is 24.3 Å². The van der Waals surface area contributed by atoms with Gasteiger partial charge in [-0.25, -0.2) is 12.8 Å². The van der Waals surface area contributed by atoms with E-state index < -0.39 is 28.0 Å². The zero-order valence-corrected chi connectivity index (χ0v) is 19.1. The molecule has 3 aromatic carbocycles. The van der Waals surface area contributed by atoms with E-state index in [9.17, 15) is 28.1 Å². The van der Waals surface area contributed by atoms with Crippen molar-refractivity contribution in [1.82, 2.24) is 5.32 Å². The van der Waals surface area contributed by atoms with Crippen LogP contribution in [0.5, 0.6) is 11.5 Å². The Balaban J connectivity index is 1.58. The van der Waals surface area contributed by atoms with Crippen LogP contribution in [0.15, 0.2) is 77.7 Å². The number of phenols is 1. The third-order valence-corrected chi connectivity index (χ3v) is 6.34. The molecule has 3 rings (SSSR count). The summed E-state index contributed by atoms with van der Waals surface area (Å²) in [5.74, 6) is -0.209. The van der Waals surface area contributed by atoms with E-state index in [2.05, 4.69) is 10.0 Å². The second-order valence-corrected chi connectivity index (χ2v) is 9.36. The molecule has 3 aromatic rings. The smallest absolute Gasteiger partial charge is 0.262 e. The van der Waals surface area contributed by atoms with Crippen LogP contribution in [-0.4, -0.2) is 55.6 Å². The van der Waals surface area contributed by atoms with Crippen LogP contribution in [0.25, 0.3) is 0 Å². The predicted molar refractivity (Wildman–Crippen MR) is 126 cm³/mol. The second-order valence-electron chi connectivity index (χ2n) is 7.68. The molecule has 0 aliphatic rings. The number of sulfonamides is 1. The van der Waals surface area contributed by atoms with E-state index in [0.717, 1.165) is 24.3 Å². The summed E-state index contributed by atoms with van der Waals surface area (Å²) >= 11 is 0. The minimum absolute atomic E-state index is 0.0465. The molecule has 0 saturated heterocycles. The number of halogens is 1. The molecule has 0 aliphatic heterocycles. The van der Waals surface area contributed by atoms with Crippen LogP contribution in [0.4, 0.5) is 10.1 Å². The van der Waals surface area contributed by atoms with Crippen molar-refractivity contribution in [1.29, 1.82) is 0 Å². The monoisotopic (exact) mass is 490 g/mol. The number of hydrogen-bond donors (Lipinski definition) is 5. The molecule has 0 aromatic heterocycles. The van der Waals surface area contributed by atoms with Crippen molar-refractivity contribution in [2.75, 3.05) is 24.5 Å². The maximum Gasteiger partial charge on any atom is 0.262 e. The fraction of sp³-hybridized carbons (Fsp3) is 0.250. The SMILES string of the molecule is O=S(=O)(Nc1cc(C[C@@H](CO)NC[C@H](O)COc2ccccc2)ccc1O)c1ccc(F)cc1. The number of benzene rings is 3. The number of nitrogens with one attached hydrogen (secondary N) is 2. The van der Waals surface area contributed by atoms with Crippen molar-refractivity contribution in [3.63, 3.8) is 0 Å². The Kier molecular flexibility index (Phi) is 8.83. The first kappa shape index (κ1) is 25.4. The molecule has 0 fully saturated rings. The number of aromatic hydroxyl groups is 1. The van der Waals surface area contributed by atoms with Gasteiger partial charge in [-0.2, -0.15) is 0 Å². The molecule has 8 nitrogen and oxygen atoms in total. The van der Waals surface area contributed by atoms with Crippen molar-refractivity contribution >= 4 is 15.7 Å². The highest BCUT2D eigenvalue weighted by Gasteiger charge is 2.18. The van der Waals surface area contributed by atoms with Crippen LogP contribution in [0.1, 0.15) is 5.56 Å². The van der Waals surface area contributed by atoms with Gasteiger partial charge in [0.1, 0.15) is 30.0 Å². The van der Waals surface area contributed by atoms with Gasteiger partial charge in [0.05, 0.1) is 17.2 Å². The molecule has 182 valence electrons. The average molecular weight is 491 g/mol. The largest absolute Gasteiger partial charge is 0.506 e. The number of aliphatic hydroxyl groups excluding tert-OH is 2. The number of hydrogen-bond acceptors (Lipinski definition) is 7. The van der Waals surface area contributed by atoms with Gasteiger partial charge >= 0.3 is 0 Å². The minimum atomic E-state index is -4.04. The Bertz CT molecular complexity index is 1160. The van der Waals surface area contributed by atoms with Crippen molar-refractivity contribution in [2.24, 2.45) is 0 Å². The van der Waals surface area contributed by atoms with Gasteiger partial charge in [0.25, 0.3) is 10.0 Å². The maximum atomic E-state index is 13.1. The van der Waals surface area contributed by atoms with Gasteiger partial charge in [-0.15, -0.1) is 0 Å². The summed E-state index contributed by atoms with van der Waals surface area (Å²) in [5, 5.41) is 33.0. The van der Waals surface area contributed by atoms with Crippen LogP contribution < -0.4 is 14.8 Å². The third-order valence-electron chi connectivity index (χ3n) is 4.96. The summed E-state index contributed by atoms with van der Waals surface area (Å²) in [7, 11) is -4.04. The number of ether oxygens (including phenoxy) is 1. The molecule has 0 spiro atoms.